The van der Waals surface area contributed by atoms with Crippen molar-refractivity contribution in [3.05, 3.63) is 90.3 Å². The first-order valence-electron chi connectivity index (χ1n) is 10.9. The van der Waals surface area contributed by atoms with Gasteiger partial charge in [-0.25, -0.2) is 5.43 Å². The summed E-state index contributed by atoms with van der Waals surface area (Å²) < 4.78 is 12.6. The van der Waals surface area contributed by atoms with E-state index in [1.54, 1.807) is 12.3 Å². The van der Waals surface area contributed by atoms with Crippen molar-refractivity contribution in [3.63, 3.8) is 0 Å². The third kappa shape index (κ3) is 5.61. The average molecular weight is 487 g/mol. The standard InChI is InChI=1S/C25H22N6O3S/c32-24(29-27-14-18-11-12-21-22(13-18)34-17-33-21)16-35-25-30-28-23(15-26-19-7-3-1-4-8-19)31(25)20-9-5-2-6-10-20/h1-14,26H,15-17H2,(H,29,32)/b27-14+. The third-order valence-electron chi connectivity index (χ3n) is 5.07. The number of nitrogens with zero attached hydrogens (tertiary/aromatic N) is 4. The lowest BCUT2D eigenvalue weighted by Crippen LogP contribution is -2.20. The number of anilines is 1. The lowest BCUT2D eigenvalue weighted by Gasteiger charge is -2.11. The van der Waals surface area contributed by atoms with Crippen molar-refractivity contribution in [2.24, 2.45) is 5.10 Å². The summed E-state index contributed by atoms with van der Waals surface area (Å²) >= 11 is 1.29. The molecular formula is C25H22N6O3S. The molecule has 5 rings (SSSR count). The van der Waals surface area contributed by atoms with E-state index in [2.05, 4.69) is 26.0 Å². The smallest absolute Gasteiger partial charge is 0.250 e. The molecule has 2 heterocycles. The molecule has 0 radical (unpaired) electrons. The zero-order valence-corrected chi connectivity index (χ0v) is 19.4. The first kappa shape index (κ1) is 22.5. The number of hydrogen-bond acceptors (Lipinski definition) is 8. The van der Waals surface area contributed by atoms with Crippen molar-refractivity contribution in [1.82, 2.24) is 20.2 Å². The zero-order chi connectivity index (χ0) is 23.9. The summed E-state index contributed by atoms with van der Waals surface area (Å²) in [5, 5.41) is 16.7. The van der Waals surface area contributed by atoms with Crippen LogP contribution in [0.4, 0.5) is 5.69 Å². The van der Waals surface area contributed by atoms with Crippen LogP contribution in [0, 0.1) is 0 Å². The molecule has 0 unspecified atom stereocenters. The molecule has 1 aliphatic rings. The average Bonchev–Trinajstić information content (AvgIpc) is 3.54. The first-order valence-corrected chi connectivity index (χ1v) is 11.9. The Labute approximate surface area is 206 Å². The van der Waals surface area contributed by atoms with E-state index in [1.165, 1.54) is 11.8 Å². The number of carbonyl (C=O) groups is 1. The summed E-state index contributed by atoms with van der Waals surface area (Å²) in [6.45, 7) is 0.694. The molecule has 176 valence electrons. The lowest BCUT2D eigenvalue weighted by atomic mass is 10.2. The van der Waals surface area contributed by atoms with Crippen molar-refractivity contribution >= 4 is 29.6 Å². The minimum absolute atomic E-state index is 0.134. The number of ether oxygens (including phenoxy) is 2. The Balaban J connectivity index is 1.22. The normalized spacial score (nSPS) is 12.1. The van der Waals surface area contributed by atoms with Gasteiger partial charge in [-0.2, -0.15) is 5.10 Å². The van der Waals surface area contributed by atoms with E-state index in [4.69, 9.17) is 9.47 Å². The fourth-order valence-corrected chi connectivity index (χ4v) is 4.18. The number of benzene rings is 3. The molecule has 0 bridgehead atoms. The topological polar surface area (TPSA) is 103 Å². The summed E-state index contributed by atoms with van der Waals surface area (Å²) in [6, 6.07) is 25.2. The van der Waals surface area contributed by atoms with Gasteiger partial charge in [0.2, 0.25) is 6.79 Å². The van der Waals surface area contributed by atoms with Gasteiger partial charge in [0.25, 0.3) is 5.91 Å². The van der Waals surface area contributed by atoms with E-state index in [0.717, 1.165) is 22.8 Å². The lowest BCUT2D eigenvalue weighted by molar-refractivity contribution is -0.118. The fraction of sp³-hybridized carbons (Fsp3) is 0.120. The predicted octanol–water partition coefficient (Wildman–Crippen LogP) is 3.85. The second-order valence-corrected chi connectivity index (χ2v) is 8.43. The Kier molecular flexibility index (Phi) is 6.90. The number of aromatic nitrogens is 3. The number of carbonyl (C=O) groups excluding carboxylic acids is 1. The van der Waals surface area contributed by atoms with Gasteiger partial charge in [-0.05, 0) is 48.0 Å². The van der Waals surface area contributed by atoms with Gasteiger partial charge in [0.1, 0.15) is 0 Å². The summed E-state index contributed by atoms with van der Waals surface area (Å²) in [4.78, 5) is 12.4. The maximum absolute atomic E-state index is 12.4. The second kappa shape index (κ2) is 10.7. The van der Waals surface area contributed by atoms with Crippen LogP contribution in [-0.4, -0.2) is 39.4 Å². The first-order chi connectivity index (χ1) is 17.3. The highest BCUT2D eigenvalue weighted by Gasteiger charge is 2.16. The zero-order valence-electron chi connectivity index (χ0n) is 18.6. The van der Waals surface area contributed by atoms with Crippen LogP contribution in [0.25, 0.3) is 5.69 Å². The van der Waals surface area contributed by atoms with Crippen molar-refractivity contribution in [2.75, 3.05) is 17.9 Å². The SMILES string of the molecule is O=C(CSc1nnc(CNc2ccccc2)n1-c1ccccc1)N/N=C/c1ccc2c(c1)OCO2. The monoisotopic (exact) mass is 486 g/mol. The molecule has 0 aliphatic carbocycles. The number of rotatable bonds is 9. The van der Waals surface area contributed by atoms with Crippen LogP contribution in [0.3, 0.4) is 0 Å². The number of para-hydroxylation sites is 2. The maximum atomic E-state index is 12.4. The van der Waals surface area contributed by atoms with Crippen LogP contribution < -0.4 is 20.2 Å². The van der Waals surface area contributed by atoms with Crippen LogP contribution in [-0.2, 0) is 11.3 Å². The molecular weight excluding hydrogens is 464 g/mol. The Hall–Kier alpha value is -4.31. The molecule has 0 saturated carbocycles. The molecule has 1 aliphatic heterocycles. The Morgan fingerprint density at radius 2 is 1.77 bits per heavy atom. The van der Waals surface area contributed by atoms with E-state index in [0.29, 0.717) is 23.2 Å². The van der Waals surface area contributed by atoms with Gasteiger partial charge in [0.05, 0.1) is 18.5 Å². The quantitative estimate of drug-likeness (QED) is 0.210. The Morgan fingerprint density at radius 3 is 2.60 bits per heavy atom. The van der Waals surface area contributed by atoms with E-state index < -0.39 is 0 Å². The van der Waals surface area contributed by atoms with E-state index >= 15 is 0 Å². The largest absolute Gasteiger partial charge is 0.454 e. The molecule has 4 aromatic rings. The number of hydrogen-bond donors (Lipinski definition) is 2. The summed E-state index contributed by atoms with van der Waals surface area (Å²) in [7, 11) is 0. The fourth-order valence-electron chi connectivity index (χ4n) is 3.42. The Morgan fingerprint density at radius 1 is 1.00 bits per heavy atom. The summed E-state index contributed by atoms with van der Waals surface area (Å²) in [6.07, 6.45) is 1.56. The van der Waals surface area contributed by atoms with Crippen LogP contribution in [0.1, 0.15) is 11.4 Å². The molecule has 0 saturated heterocycles. The van der Waals surface area contributed by atoms with Gasteiger partial charge in [0, 0.05) is 11.4 Å². The second-order valence-electron chi connectivity index (χ2n) is 7.48. The van der Waals surface area contributed by atoms with Gasteiger partial charge in [-0.1, -0.05) is 48.2 Å². The third-order valence-corrected chi connectivity index (χ3v) is 6.00. The Bertz CT molecular complexity index is 1330. The predicted molar refractivity (Wildman–Crippen MR) is 134 cm³/mol. The number of hydrazone groups is 1. The number of thioether (sulfide) groups is 1. The molecule has 35 heavy (non-hydrogen) atoms. The molecule has 10 heteroatoms. The van der Waals surface area contributed by atoms with Gasteiger partial charge < -0.3 is 14.8 Å². The summed E-state index contributed by atoms with van der Waals surface area (Å²) in [5.74, 6) is 1.98. The molecule has 9 nitrogen and oxygen atoms in total. The van der Waals surface area contributed by atoms with E-state index in [9.17, 15) is 4.79 Å². The van der Waals surface area contributed by atoms with Gasteiger partial charge >= 0.3 is 0 Å². The minimum Gasteiger partial charge on any atom is -0.454 e. The van der Waals surface area contributed by atoms with Crippen LogP contribution in [0.2, 0.25) is 0 Å². The maximum Gasteiger partial charge on any atom is 0.250 e. The highest BCUT2D eigenvalue weighted by atomic mass is 32.2. The highest BCUT2D eigenvalue weighted by molar-refractivity contribution is 7.99. The number of nitrogens with one attached hydrogen (secondary N) is 2. The van der Waals surface area contributed by atoms with E-state index in [1.807, 2.05) is 77.4 Å². The van der Waals surface area contributed by atoms with Crippen molar-refractivity contribution < 1.29 is 14.3 Å². The number of amides is 1. The van der Waals surface area contributed by atoms with Gasteiger partial charge in [0.15, 0.2) is 22.5 Å². The van der Waals surface area contributed by atoms with Gasteiger partial charge in [-0.3, -0.25) is 9.36 Å². The van der Waals surface area contributed by atoms with Crippen LogP contribution >= 0.6 is 11.8 Å². The van der Waals surface area contributed by atoms with Crippen LogP contribution in [0.5, 0.6) is 11.5 Å². The van der Waals surface area contributed by atoms with Crippen molar-refractivity contribution in [1.29, 1.82) is 0 Å². The van der Waals surface area contributed by atoms with Crippen molar-refractivity contribution in [3.8, 4) is 17.2 Å². The molecule has 3 aromatic carbocycles. The summed E-state index contributed by atoms with van der Waals surface area (Å²) in [5.41, 5.74) is 5.25. The minimum atomic E-state index is -0.251. The van der Waals surface area contributed by atoms with E-state index in [-0.39, 0.29) is 18.5 Å². The van der Waals surface area contributed by atoms with Crippen molar-refractivity contribution in [2.45, 2.75) is 11.7 Å². The van der Waals surface area contributed by atoms with Gasteiger partial charge in [-0.15, -0.1) is 10.2 Å². The number of fused-ring (bicyclic) bond motifs is 1. The molecule has 0 spiro atoms. The van der Waals surface area contributed by atoms with Crippen LogP contribution in [0.15, 0.2) is 89.1 Å². The molecule has 0 fully saturated rings. The highest BCUT2D eigenvalue weighted by Crippen LogP contribution is 2.32. The molecule has 0 atom stereocenters. The molecule has 2 N–H and O–H groups in total. The molecule has 1 amide bonds. The molecule has 1 aromatic heterocycles.